The smallest absolute Gasteiger partial charge is 0.257 e. The molecule has 1 aromatic heterocycles. The molecule has 0 fully saturated rings. The van der Waals surface area contributed by atoms with E-state index < -0.39 is 0 Å². The first kappa shape index (κ1) is 18.9. The lowest BCUT2D eigenvalue weighted by Crippen LogP contribution is -2.24. The van der Waals surface area contributed by atoms with Crippen LogP contribution >= 0.6 is 0 Å². The third-order valence-corrected chi connectivity index (χ3v) is 4.29. The topological polar surface area (TPSA) is 94.2 Å². The Balaban J connectivity index is 1.77. The summed E-state index contributed by atoms with van der Waals surface area (Å²) < 4.78 is 7.18. The Kier molecular flexibility index (Phi) is 6.40. The van der Waals surface area contributed by atoms with E-state index in [1.807, 2.05) is 28.8 Å². The fourth-order valence-corrected chi connectivity index (χ4v) is 2.90. The molecule has 142 valence electrons. The number of nitrogens with zero attached hydrogens (tertiary/aromatic N) is 2. The Morgan fingerprint density at radius 3 is 2.67 bits per heavy atom. The van der Waals surface area contributed by atoms with Gasteiger partial charge in [-0.3, -0.25) is 10.1 Å². The summed E-state index contributed by atoms with van der Waals surface area (Å²) in [6.07, 6.45) is 0.908. The molecule has 7 nitrogen and oxygen atoms in total. The van der Waals surface area contributed by atoms with E-state index in [-0.39, 0.29) is 5.91 Å². The lowest BCUT2D eigenvalue weighted by molar-refractivity contribution is 0.102. The van der Waals surface area contributed by atoms with Gasteiger partial charge < -0.3 is 20.4 Å². The molecule has 1 heterocycles. The summed E-state index contributed by atoms with van der Waals surface area (Å²) in [5.41, 5.74) is 7.91. The molecule has 0 aliphatic heterocycles. The molecule has 0 saturated heterocycles. The maximum Gasteiger partial charge on any atom is 0.257 e. The quantitative estimate of drug-likeness (QED) is 0.504. The van der Waals surface area contributed by atoms with E-state index in [9.17, 15) is 4.79 Å². The SMILES string of the molecule is COc1ccc(C(=O)Nc2nc3ccccc3n2CCCNCCN)cc1. The van der Waals surface area contributed by atoms with Crippen molar-refractivity contribution in [3.63, 3.8) is 0 Å². The second kappa shape index (κ2) is 9.16. The normalized spacial score (nSPS) is 10.9. The van der Waals surface area contributed by atoms with E-state index in [0.717, 1.165) is 37.1 Å². The van der Waals surface area contributed by atoms with Crippen LogP contribution in [0, 0.1) is 0 Å². The van der Waals surface area contributed by atoms with Crippen LogP contribution in [0.4, 0.5) is 5.95 Å². The first-order valence-electron chi connectivity index (χ1n) is 9.04. The summed E-state index contributed by atoms with van der Waals surface area (Å²) in [5, 5.41) is 6.22. The highest BCUT2D eigenvalue weighted by atomic mass is 16.5. The van der Waals surface area contributed by atoms with E-state index in [0.29, 0.717) is 23.8 Å². The van der Waals surface area contributed by atoms with Crippen LogP contribution in [0.3, 0.4) is 0 Å². The van der Waals surface area contributed by atoms with Gasteiger partial charge in [-0.25, -0.2) is 4.98 Å². The molecule has 0 spiro atoms. The Labute approximate surface area is 158 Å². The number of anilines is 1. The number of imidazole rings is 1. The zero-order valence-electron chi connectivity index (χ0n) is 15.4. The number of carbonyl (C=O) groups is 1. The molecule has 0 atom stereocenters. The minimum atomic E-state index is -0.199. The molecule has 3 aromatic rings. The Morgan fingerprint density at radius 1 is 1.15 bits per heavy atom. The average Bonchev–Trinajstić information content (AvgIpc) is 3.05. The number of para-hydroxylation sites is 2. The molecular weight excluding hydrogens is 342 g/mol. The van der Waals surface area contributed by atoms with Crippen molar-refractivity contribution < 1.29 is 9.53 Å². The number of fused-ring (bicyclic) bond motifs is 1. The number of hydrogen-bond acceptors (Lipinski definition) is 5. The molecule has 0 aliphatic carbocycles. The largest absolute Gasteiger partial charge is 0.497 e. The highest BCUT2D eigenvalue weighted by Gasteiger charge is 2.14. The summed E-state index contributed by atoms with van der Waals surface area (Å²) in [7, 11) is 1.60. The predicted molar refractivity (Wildman–Crippen MR) is 107 cm³/mol. The lowest BCUT2D eigenvalue weighted by Gasteiger charge is -2.11. The standard InChI is InChI=1S/C20H25N5O2/c1-27-16-9-7-15(8-10-16)19(26)24-20-23-17-5-2-3-6-18(17)25(20)14-4-12-22-13-11-21/h2-3,5-10,22H,4,11-14,21H2,1H3,(H,23,24,26). The molecule has 27 heavy (non-hydrogen) atoms. The van der Waals surface area contributed by atoms with E-state index in [1.54, 1.807) is 31.4 Å². The Morgan fingerprint density at radius 2 is 1.93 bits per heavy atom. The number of nitrogens with one attached hydrogen (secondary N) is 2. The summed E-state index contributed by atoms with van der Waals surface area (Å²) in [6.45, 7) is 3.02. The maximum atomic E-state index is 12.6. The molecule has 0 unspecified atom stereocenters. The second-order valence-corrected chi connectivity index (χ2v) is 6.15. The van der Waals surface area contributed by atoms with Gasteiger partial charge in [-0.2, -0.15) is 0 Å². The number of aromatic nitrogens is 2. The van der Waals surface area contributed by atoms with Gasteiger partial charge in [0.25, 0.3) is 5.91 Å². The highest BCUT2D eigenvalue weighted by Crippen LogP contribution is 2.21. The zero-order valence-corrected chi connectivity index (χ0v) is 15.4. The van der Waals surface area contributed by atoms with Crippen LogP contribution in [-0.2, 0) is 6.54 Å². The monoisotopic (exact) mass is 367 g/mol. The van der Waals surface area contributed by atoms with Crippen LogP contribution in [0.2, 0.25) is 0 Å². The number of ether oxygens (including phenoxy) is 1. The zero-order chi connectivity index (χ0) is 19.1. The minimum Gasteiger partial charge on any atom is -0.497 e. The van der Waals surface area contributed by atoms with Crippen LogP contribution in [0.1, 0.15) is 16.8 Å². The van der Waals surface area contributed by atoms with Gasteiger partial charge >= 0.3 is 0 Å². The first-order valence-corrected chi connectivity index (χ1v) is 9.04. The van der Waals surface area contributed by atoms with Crippen molar-refractivity contribution in [2.75, 3.05) is 32.1 Å². The molecule has 0 radical (unpaired) electrons. The molecule has 0 bridgehead atoms. The number of benzene rings is 2. The summed E-state index contributed by atoms with van der Waals surface area (Å²) in [5.74, 6) is 1.06. The van der Waals surface area contributed by atoms with E-state index >= 15 is 0 Å². The van der Waals surface area contributed by atoms with Crippen molar-refractivity contribution in [3.8, 4) is 5.75 Å². The van der Waals surface area contributed by atoms with Gasteiger partial charge in [0.1, 0.15) is 5.75 Å². The summed E-state index contributed by atoms with van der Waals surface area (Å²) >= 11 is 0. The van der Waals surface area contributed by atoms with Crippen LogP contribution in [0.5, 0.6) is 5.75 Å². The Hall–Kier alpha value is -2.90. The number of carbonyl (C=O) groups excluding carboxylic acids is 1. The molecule has 2 aromatic carbocycles. The third-order valence-electron chi connectivity index (χ3n) is 4.29. The molecule has 4 N–H and O–H groups in total. The minimum absolute atomic E-state index is 0.199. The van der Waals surface area contributed by atoms with Crippen LogP contribution < -0.4 is 21.1 Å². The van der Waals surface area contributed by atoms with Crippen LogP contribution in [0.25, 0.3) is 11.0 Å². The number of rotatable bonds is 9. The number of hydrogen-bond donors (Lipinski definition) is 3. The van der Waals surface area contributed by atoms with Crippen molar-refractivity contribution in [2.45, 2.75) is 13.0 Å². The molecule has 3 rings (SSSR count). The second-order valence-electron chi connectivity index (χ2n) is 6.15. The number of methoxy groups -OCH3 is 1. The number of amides is 1. The van der Waals surface area contributed by atoms with Gasteiger partial charge in [0.2, 0.25) is 5.95 Å². The van der Waals surface area contributed by atoms with E-state index in [2.05, 4.69) is 15.6 Å². The van der Waals surface area contributed by atoms with Gasteiger partial charge in [0, 0.05) is 25.2 Å². The van der Waals surface area contributed by atoms with Crippen molar-refractivity contribution >= 4 is 22.9 Å². The van der Waals surface area contributed by atoms with E-state index in [4.69, 9.17) is 10.5 Å². The summed E-state index contributed by atoms with van der Waals surface area (Å²) in [4.78, 5) is 17.2. The fourth-order valence-electron chi connectivity index (χ4n) is 2.90. The molecule has 1 amide bonds. The lowest BCUT2D eigenvalue weighted by atomic mass is 10.2. The maximum absolute atomic E-state index is 12.6. The van der Waals surface area contributed by atoms with Crippen molar-refractivity contribution in [2.24, 2.45) is 5.73 Å². The van der Waals surface area contributed by atoms with Crippen molar-refractivity contribution in [1.82, 2.24) is 14.9 Å². The summed E-state index contributed by atoms with van der Waals surface area (Å²) in [6, 6.07) is 14.9. The van der Waals surface area contributed by atoms with Gasteiger partial charge in [-0.05, 0) is 49.4 Å². The Bertz CT molecular complexity index is 889. The number of aryl methyl sites for hydroxylation is 1. The average molecular weight is 367 g/mol. The number of nitrogens with two attached hydrogens (primary N) is 1. The fraction of sp³-hybridized carbons (Fsp3) is 0.300. The van der Waals surface area contributed by atoms with E-state index in [1.165, 1.54) is 0 Å². The predicted octanol–water partition coefficient (Wildman–Crippen LogP) is 2.24. The highest BCUT2D eigenvalue weighted by molar-refractivity contribution is 6.04. The van der Waals surface area contributed by atoms with Crippen LogP contribution in [-0.4, -0.2) is 42.2 Å². The van der Waals surface area contributed by atoms with Gasteiger partial charge in [0.15, 0.2) is 0 Å². The van der Waals surface area contributed by atoms with Gasteiger partial charge in [-0.15, -0.1) is 0 Å². The van der Waals surface area contributed by atoms with Gasteiger partial charge in [-0.1, -0.05) is 12.1 Å². The third kappa shape index (κ3) is 4.64. The van der Waals surface area contributed by atoms with Crippen molar-refractivity contribution in [1.29, 1.82) is 0 Å². The molecular formula is C20H25N5O2. The first-order chi connectivity index (χ1) is 13.2. The van der Waals surface area contributed by atoms with Crippen molar-refractivity contribution in [3.05, 3.63) is 54.1 Å². The van der Waals surface area contributed by atoms with Gasteiger partial charge in [0.05, 0.1) is 18.1 Å². The molecule has 7 heteroatoms. The van der Waals surface area contributed by atoms with Crippen LogP contribution in [0.15, 0.2) is 48.5 Å². The molecule has 0 saturated carbocycles. The molecule has 0 aliphatic rings.